The predicted octanol–water partition coefficient (Wildman–Crippen LogP) is 7.82. The second-order valence-electron chi connectivity index (χ2n) is 10.1. The molecule has 0 N–H and O–H groups in total. The van der Waals surface area contributed by atoms with Crippen molar-refractivity contribution in [1.82, 2.24) is 0 Å². The van der Waals surface area contributed by atoms with E-state index in [-0.39, 0.29) is 11.7 Å². The molecule has 2 saturated carbocycles. The summed E-state index contributed by atoms with van der Waals surface area (Å²) >= 11 is 0. The van der Waals surface area contributed by atoms with Gasteiger partial charge in [-0.3, -0.25) is 4.79 Å². The molecule has 2 aromatic rings. The van der Waals surface area contributed by atoms with Crippen molar-refractivity contribution in [2.24, 2.45) is 23.7 Å². The molecule has 2 aromatic carbocycles. The van der Waals surface area contributed by atoms with Crippen molar-refractivity contribution < 1.29 is 22.7 Å². The van der Waals surface area contributed by atoms with E-state index >= 15 is 0 Å². The summed E-state index contributed by atoms with van der Waals surface area (Å²) < 4.78 is 45.0. The molecule has 2 nitrogen and oxygen atoms in total. The highest BCUT2D eigenvalue weighted by Crippen LogP contribution is 2.43. The lowest BCUT2D eigenvalue weighted by Gasteiger charge is -2.38. The Hall–Kier alpha value is -2.30. The van der Waals surface area contributed by atoms with Gasteiger partial charge in [0, 0.05) is 12.1 Å². The van der Waals surface area contributed by atoms with Gasteiger partial charge in [-0.1, -0.05) is 50.1 Å². The van der Waals surface area contributed by atoms with E-state index in [2.05, 4.69) is 37.3 Å². The molecule has 0 amide bonds. The topological polar surface area (TPSA) is 26.3 Å². The lowest BCUT2D eigenvalue weighted by molar-refractivity contribution is -0.140. The summed E-state index contributed by atoms with van der Waals surface area (Å²) in [4.78, 5) is 12.5. The Kier molecular flexibility index (Phi) is 7.77. The molecule has 2 aliphatic carbocycles. The van der Waals surface area contributed by atoms with Crippen molar-refractivity contribution in [1.29, 1.82) is 0 Å². The molecule has 0 radical (unpaired) electrons. The van der Waals surface area contributed by atoms with Crippen molar-refractivity contribution >= 4 is 5.97 Å². The van der Waals surface area contributed by atoms with Gasteiger partial charge >= 0.3 is 5.97 Å². The Bertz CT molecular complexity index is 906. The highest BCUT2D eigenvalue weighted by atomic mass is 19.2. The molecule has 0 aromatic heterocycles. The van der Waals surface area contributed by atoms with Crippen LogP contribution < -0.4 is 4.74 Å². The van der Waals surface area contributed by atoms with E-state index in [0.29, 0.717) is 11.8 Å². The monoisotopic (exact) mass is 458 g/mol. The normalized spacial score (nSPS) is 26.5. The van der Waals surface area contributed by atoms with Crippen LogP contribution in [0.25, 0.3) is 0 Å². The zero-order chi connectivity index (χ0) is 23.4. The summed E-state index contributed by atoms with van der Waals surface area (Å²) in [6.45, 7) is 2.33. The maximum absolute atomic E-state index is 13.4. The minimum atomic E-state index is -1.56. The van der Waals surface area contributed by atoms with Crippen molar-refractivity contribution in [3.8, 4) is 5.75 Å². The molecular formula is C28H33F3O2. The number of carbonyl (C=O) groups excluding carboxylic acids is 1. The van der Waals surface area contributed by atoms with Crippen LogP contribution in [0.4, 0.5) is 13.2 Å². The summed E-state index contributed by atoms with van der Waals surface area (Å²) in [7, 11) is 0. The zero-order valence-electron chi connectivity index (χ0n) is 19.2. The van der Waals surface area contributed by atoms with Crippen molar-refractivity contribution in [3.63, 3.8) is 0 Å². The third-order valence-corrected chi connectivity index (χ3v) is 7.89. The van der Waals surface area contributed by atoms with E-state index in [1.165, 1.54) is 37.7 Å². The van der Waals surface area contributed by atoms with Crippen molar-refractivity contribution in [2.75, 3.05) is 0 Å². The van der Waals surface area contributed by atoms with Gasteiger partial charge in [-0.05, 0) is 74.2 Å². The molecule has 0 saturated heterocycles. The highest BCUT2D eigenvalue weighted by molar-refractivity contribution is 5.75. The molecule has 0 bridgehead atoms. The van der Waals surface area contributed by atoms with Gasteiger partial charge in [0.1, 0.15) is 5.75 Å². The zero-order valence-corrected chi connectivity index (χ0v) is 19.2. The molecule has 4 rings (SSSR count). The maximum Gasteiger partial charge on any atom is 0.314 e. The van der Waals surface area contributed by atoms with Gasteiger partial charge in [-0.25, -0.2) is 13.2 Å². The number of hydrogen-bond donors (Lipinski definition) is 0. The number of hydrogen-bond acceptors (Lipinski definition) is 2. The molecule has 0 unspecified atom stereocenters. The summed E-state index contributed by atoms with van der Waals surface area (Å²) in [6, 6.07) is 12.2. The second-order valence-corrected chi connectivity index (χ2v) is 10.1. The van der Waals surface area contributed by atoms with Crippen LogP contribution in [0.15, 0.2) is 42.5 Å². The number of benzene rings is 2. The average Bonchev–Trinajstić information content (AvgIpc) is 2.83. The van der Waals surface area contributed by atoms with Crippen LogP contribution in [0.1, 0.15) is 76.2 Å². The van der Waals surface area contributed by atoms with Gasteiger partial charge in [0.25, 0.3) is 0 Å². The lowest BCUT2D eigenvalue weighted by atomic mass is 9.68. The minimum Gasteiger partial charge on any atom is -0.426 e. The Balaban J connectivity index is 1.21. The average molecular weight is 459 g/mol. The summed E-state index contributed by atoms with van der Waals surface area (Å²) in [6.07, 6.45) is 9.79. The Morgan fingerprint density at radius 1 is 0.879 bits per heavy atom. The van der Waals surface area contributed by atoms with Crippen LogP contribution in [-0.2, 0) is 4.79 Å². The minimum absolute atomic E-state index is 0.263. The lowest BCUT2D eigenvalue weighted by Crippen LogP contribution is -2.30. The van der Waals surface area contributed by atoms with Crippen LogP contribution in [0.3, 0.4) is 0 Å². The van der Waals surface area contributed by atoms with Gasteiger partial charge < -0.3 is 4.74 Å². The van der Waals surface area contributed by atoms with Crippen molar-refractivity contribution in [2.45, 2.75) is 70.6 Å². The van der Waals surface area contributed by atoms with Crippen LogP contribution in [0.5, 0.6) is 5.75 Å². The quantitative estimate of drug-likeness (QED) is 0.251. The molecule has 0 spiro atoms. The first-order valence-corrected chi connectivity index (χ1v) is 12.3. The number of carbonyl (C=O) groups is 1. The second kappa shape index (κ2) is 10.8. The van der Waals surface area contributed by atoms with Gasteiger partial charge in [0.15, 0.2) is 17.5 Å². The largest absolute Gasteiger partial charge is 0.426 e. The number of esters is 1. The fraction of sp³-hybridized carbons (Fsp3) is 0.536. The van der Waals surface area contributed by atoms with Gasteiger partial charge in [-0.15, -0.1) is 0 Å². The molecular weight excluding hydrogens is 425 g/mol. The first kappa shape index (κ1) is 23.8. The maximum atomic E-state index is 13.4. The van der Waals surface area contributed by atoms with E-state index in [1.807, 2.05) is 0 Å². The van der Waals surface area contributed by atoms with Crippen LogP contribution in [0.2, 0.25) is 0 Å². The first-order chi connectivity index (χ1) is 15.9. The van der Waals surface area contributed by atoms with E-state index in [0.717, 1.165) is 49.7 Å². The Labute approximate surface area is 194 Å². The predicted molar refractivity (Wildman–Crippen MR) is 122 cm³/mol. The number of rotatable bonds is 6. The number of ether oxygens (including phenoxy) is 1. The standard InChI is InChI=1S/C28H33F3O2/c1-18(20-5-3-2-4-6-20)15-19-7-9-21(10-8-19)22-11-13-23(14-12-22)28(32)33-24-16-25(29)27(31)26(30)17-24/h2-6,16-19,21-23H,7-15H2,1H3/t18-,19?,21?,22?,23?/m0/s1. The fourth-order valence-corrected chi connectivity index (χ4v) is 5.93. The fourth-order valence-electron chi connectivity index (χ4n) is 5.93. The molecule has 0 aliphatic heterocycles. The van der Waals surface area contributed by atoms with E-state index in [4.69, 9.17) is 4.74 Å². The summed E-state index contributed by atoms with van der Waals surface area (Å²) in [5.41, 5.74) is 1.43. The molecule has 2 fully saturated rings. The number of halogens is 3. The van der Waals surface area contributed by atoms with Gasteiger partial charge in [0.05, 0.1) is 5.92 Å². The molecule has 2 aliphatic rings. The molecule has 33 heavy (non-hydrogen) atoms. The summed E-state index contributed by atoms with van der Waals surface area (Å²) in [5, 5.41) is 0. The van der Waals surface area contributed by atoms with E-state index < -0.39 is 23.4 Å². The van der Waals surface area contributed by atoms with Crippen LogP contribution >= 0.6 is 0 Å². The van der Waals surface area contributed by atoms with Gasteiger partial charge in [-0.2, -0.15) is 0 Å². The van der Waals surface area contributed by atoms with Crippen LogP contribution in [0, 0.1) is 41.1 Å². The molecule has 178 valence electrons. The third-order valence-electron chi connectivity index (χ3n) is 7.89. The SMILES string of the molecule is C[C@@H](CC1CCC(C2CCC(C(=O)Oc3cc(F)c(F)c(F)c3)CC2)CC1)c1ccccc1. The van der Waals surface area contributed by atoms with Crippen LogP contribution in [-0.4, -0.2) is 5.97 Å². The van der Waals surface area contributed by atoms with E-state index in [1.54, 1.807) is 0 Å². The molecule has 0 heterocycles. The first-order valence-electron chi connectivity index (χ1n) is 12.3. The van der Waals surface area contributed by atoms with Gasteiger partial charge in [0.2, 0.25) is 0 Å². The summed E-state index contributed by atoms with van der Waals surface area (Å²) in [5.74, 6) is -2.52. The van der Waals surface area contributed by atoms with Crippen molar-refractivity contribution in [3.05, 3.63) is 65.5 Å². The Morgan fingerprint density at radius 3 is 2.00 bits per heavy atom. The Morgan fingerprint density at radius 2 is 1.42 bits per heavy atom. The van der Waals surface area contributed by atoms with E-state index in [9.17, 15) is 18.0 Å². The highest BCUT2D eigenvalue weighted by Gasteiger charge is 2.34. The smallest absolute Gasteiger partial charge is 0.314 e. The molecule has 1 atom stereocenters. The third kappa shape index (κ3) is 5.99. The molecule has 5 heteroatoms.